The van der Waals surface area contributed by atoms with Gasteiger partial charge in [0.2, 0.25) is 5.91 Å². The first kappa shape index (κ1) is 16.0. The minimum Gasteiger partial charge on any atom is -0.349 e. The van der Waals surface area contributed by atoms with Crippen molar-refractivity contribution >= 4 is 17.2 Å². The van der Waals surface area contributed by atoms with Gasteiger partial charge in [-0.25, -0.2) is 4.98 Å². The highest BCUT2D eigenvalue weighted by Crippen LogP contribution is 2.29. The molecule has 0 unspecified atom stereocenters. The largest absolute Gasteiger partial charge is 0.349 e. The van der Waals surface area contributed by atoms with E-state index in [1.807, 2.05) is 53.6 Å². The lowest BCUT2D eigenvalue weighted by Gasteiger charge is -2.23. The van der Waals surface area contributed by atoms with Crippen LogP contribution in [0.4, 0.5) is 0 Å². The lowest BCUT2D eigenvalue weighted by atomic mass is 9.93. The molecule has 25 heavy (non-hydrogen) atoms. The summed E-state index contributed by atoms with van der Waals surface area (Å²) in [5.41, 5.74) is 4.30. The van der Waals surface area contributed by atoms with Crippen LogP contribution in [0.15, 0.2) is 41.9 Å². The number of aryl methyl sites for hydroxylation is 1. The van der Waals surface area contributed by atoms with E-state index in [1.165, 1.54) is 5.69 Å². The molecule has 0 aliphatic heterocycles. The fourth-order valence-electron chi connectivity index (χ4n) is 3.37. The molecule has 1 N–H and O–H groups in total. The van der Waals surface area contributed by atoms with Gasteiger partial charge in [-0.05, 0) is 19.3 Å². The fourth-order valence-corrected chi connectivity index (χ4v) is 4.19. The molecule has 0 fully saturated rings. The lowest BCUT2D eigenvalue weighted by molar-refractivity contribution is -0.121. The molecule has 1 aliphatic rings. The minimum atomic E-state index is 0.0200. The molecule has 1 aromatic carbocycles. The van der Waals surface area contributed by atoms with Gasteiger partial charge in [0.25, 0.3) is 0 Å². The number of nitrogens with zero attached hydrogens (tertiary/aromatic N) is 3. The van der Waals surface area contributed by atoms with E-state index < -0.39 is 0 Å². The quantitative estimate of drug-likeness (QED) is 0.784. The molecule has 0 saturated heterocycles. The summed E-state index contributed by atoms with van der Waals surface area (Å²) in [5.74, 6) is 0.0200. The van der Waals surface area contributed by atoms with E-state index in [-0.39, 0.29) is 11.9 Å². The Morgan fingerprint density at radius 3 is 3.04 bits per heavy atom. The van der Waals surface area contributed by atoms with Crippen molar-refractivity contribution in [2.24, 2.45) is 7.05 Å². The van der Waals surface area contributed by atoms with Crippen molar-refractivity contribution in [1.82, 2.24) is 20.1 Å². The number of amides is 1. The van der Waals surface area contributed by atoms with Crippen molar-refractivity contribution in [2.45, 2.75) is 31.7 Å². The van der Waals surface area contributed by atoms with Crippen LogP contribution in [0.25, 0.3) is 10.6 Å². The number of fused-ring (bicyclic) bond motifs is 1. The first-order valence-corrected chi connectivity index (χ1v) is 9.38. The lowest BCUT2D eigenvalue weighted by Crippen LogP contribution is -2.32. The summed E-state index contributed by atoms with van der Waals surface area (Å²) in [5, 5.41) is 10.4. The van der Waals surface area contributed by atoms with Crippen LogP contribution in [0.2, 0.25) is 0 Å². The monoisotopic (exact) mass is 352 g/mol. The summed E-state index contributed by atoms with van der Waals surface area (Å²) < 4.78 is 1.92. The predicted octanol–water partition coefficient (Wildman–Crippen LogP) is 3.28. The Morgan fingerprint density at radius 1 is 1.36 bits per heavy atom. The van der Waals surface area contributed by atoms with Crippen molar-refractivity contribution in [2.75, 3.05) is 0 Å². The Kier molecular flexibility index (Phi) is 4.36. The van der Waals surface area contributed by atoms with Gasteiger partial charge < -0.3 is 5.32 Å². The van der Waals surface area contributed by atoms with E-state index in [4.69, 9.17) is 0 Å². The number of carbonyl (C=O) groups excluding carboxylic acids is 1. The molecular formula is C19H20N4OS. The zero-order valence-corrected chi connectivity index (χ0v) is 14.9. The topological polar surface area (TPSA) is 59.8 Å². The Balaban J connectivity index is 1.43. The van der Waals surface area contributed by atoms with Gasteiger partial charge in [0, 0.05) is 29.2 Å². The van der Waals surface area contributed by atoms with Gasteiger partial charge >= 0.3 is 0 Å². The molecule has 4 rings (SSSR count). The summed E-state index contributed by atoms with van der Waals surface area (Å²) in [4.78, 5) is 17.1. The van der Waals surface area contributed by atoms with E-state index in [9.17, 15) is 4.79 Å². The van der Waals surface area contributed by atoms with Gasteiger partial charge in [0.15, 0.2) is 0 Å². The van der Waals surface area contributed by atoms with E-state index in [2.05, 4.69) is 15.4 Å². The first-order chi connectivity index (χ1) is 12.2. The average Bonchev–Trinajstić information content (AvgIpc) is 3.24. The number of aromatic nitrogens is 3. The summed E-state index contributed by atoms with van der Waals surface area (Å²) in [6.45, 7) is 0. The van der Waals surface area contributed by atoms with E-state index in [0.29, 0.717) is 6.42 Å². The Hall–Kier alpha value is -2.47. The van der Waals surface area contributed by atoms with Gasteiger partial charge in [-0.15, -0.1) is 11.3 Å². The van der Waals surface area contributed by atoms with Gasteiger partial charge in [0.05, 0.1) is 24.4 Å². The van der Waals surface area contributed by atoms with Gasteiger partial charge in [-0.3, -0.25) is 9.48 Å². The molecule has 1 aliphatic carbocycles. The molecule has 3 aromatic rings. The molecule has 2 heterocycles. The number of thiazole rings is 1. The zero-order chi connectivity index (χ0) is 17.2. The Morgan fingerprint density at radius 2 is 2.20 bits per heavy atom. The predicted molar refractivity (Wildman–Crippen MR) is 98.3 cm³/mol. The second-order valence-electron chi connectivity index (χ2n) is 6.37. The number of rotatable bonds is 4. The van der Waals surface area contributed by atoms with E-state index in [0.717, 1.165) is 41.1 Å². The van der Waals surface area contributed by atoms with Crippen molar-refractivity contribution in [3.8, 4) is 10.6 Å². The maximum Gasteiger partial charge on any atom is 0.226 e. The number of hydrogen-bond donors (Lipinski definition) is 1. The standard InChI is InChI=1S/C19H20N4OS/c1-23-17-9-5-8-16(15(17)11-20-23)22-18(24)10-14-12-25-19(21-14)13-6-3-2-4-7-13/h2-4,6-7,11-12,16H,5,8-10H2,1H3,(H,22,24)/t16-/m0/s1. The van der Waals surface area contributed by atoms with E-state index in [1.54, 1.807) is 11.3 Å². The molecule has 2 aromatic heterocycles. The summed E-state index contributed by atoms with van der Waals surface area (Å²) in [6, 6.07) is 10.1. The second kappa shape index (κ2) is 6.80. The number of benzene rings is 1. The summed E-state index contributed by atoms with van der Waals surface area (Å²) >= 11 is 1.58. The molecule has 6 heteroatoms. The third-order valence-electron chi connectivity index (χ3n) is 4.63. The highest BCUT2D eigenvalue weighted by Gasteiger charge is 2.24. The summed E-state index contributed by atoms with van der Waals surface area (Å²) in [6.07, 6.45) is 5.28. The van der Waals surface area contributed by atoms with Crippen LogP contribution >= 0.6 is 11.3 Å². The number of nitrogens with one attached hydrogen (secondary N) is 1. The Labute approximate surface area is 150 Å². The van der Waals surface area contributed by atoms with Crippen LogP contribution in [0.5, 0.6) is 0 Å². The highest BCUT2D eigenvalue weighted by atomic mass is 32.1. The molecule has 0 bridgehead atoms. The maximum atomic E-state index is 12.5. The third-order valence-corrected chi connectivity index (χ3v) is 5.57. The number of hydrogen-bond acceptors (Lipinski definition) is 4. The minimum absolute atomic E-state index is 0.0200. The average molecular weight is 352 g/mol. The van der Waals surface area contributed by atoms with Gasteiger partial charge in [-0.1, -0.05) is 30.3 Å². The van der Waals surface area contributed by atoms with Crippen LogP contribution in [0, 0.1) is 0 Å². The third kappa shape index (κ3) is 3.35. The van der Waals surface area contributed by atoms with Crippen LogP contribution in [-0.2, 0) is 24.7 Å². The molecule has 1 amide bonds. The van der Waals surface area contributed by atoms with Crippen LogP contribution in [0.1, 0.15) is 35.8 Å². The second-order valence-corrected chi connectivity index (χ2v) is 7.23. The summed E-state index contributed by atoms with van der Waals surface area (Å²) in [7, 11) is 1.96. The molecular weight excluding hydrogens is 332 g/mol. The van der Waals surface area contributed by atoms with Crippen LogP contribution in [0.3, 0.4) is 0 Å². The highest BCUT2D eigenvalue weighted by molar-refractivity contribution is 7.13. The fraction of sp³-hybridized carbons (Fsp3) is 0.316. The van der Waals surface area contributed by atoms with Crippen LogP contribution in [-0.4, -0.2) is 20.7 Å². The van der Waals surface area contributed by atoms with Crippen LogP contribution < -0.4 is 5.32 Å². The Bertz CT molecular complexity index is 884. The molecule has 128 valence electrons. The molecule has 5 nitrogen and oxygen atoms in total. The first-order valence-electron chi connectivity index (χ1n) is 8.50. The normalized spacial score (nSPS) is 16.4. The van der Waals surface area contributed by atoms with Gasteiger partial charge in [0.1, 0.15) is 5.01 Å². The zero-order valence-electron chi connectivity index (χ0n) is 14.1. The molecule has 0 spiro atoms. The maximum absolute atomic E-state index is 12.5. The van der Waals surface area contributed by atoms with Crippen molar-refractivity contribution in [1.29, 1.82) is 0 Å². The SMILES string of the molecule is Cn1ncc2c1CCC[C@@H]2NC(=O)Cc1csc(-c2ccccc2)n1. The molecule has 1 atom stereocenters. The van der Waals surface area contributed by atoms with Crippen molar-refractivity contribution in [3.63, 3.8) is 0 Å². The van der Waals surface area contributed by atoms with Gasteiger partial charge in [-0.2, -0.15) is 5.10 Å². The molecule has 0 radical (unpaired) electrons. The van der Waals surface area contributed by atoms with Crippen molar-refractivity contribution < 1.29 is 4.79 Å². The van der Waals surface area contributed by atoms with E-state index >= 15 is 0 Å². The molecule has 0 saturated carbocycles. The number of carbonyl (C=O) groups is 1. The van der Waals surface area contributed by atoms with Crippen molar-refractivity contribution in [3.05, 3.63) is 58.9 Å². The smallest absolute Gasteiger partial charge is 0.226 e.